The van der Waals surface area contributed by atoms with Gasteiger partial charge in [-0.05, 0) is 32.6 Å². The number of piperazine rings is 1. The van der Waals surface area contributed by atoms with E-state index in [-0.39, 0.29) is 0 Å². The Balaban J connectivity index is 1.82. The first kappa shape index (κ1) is 12.3. The molecule has 2 fully saturated rings. The summed E-state index contributed by atoms with van der Waals surface area (Å²) in [6.07, 6.45) is 4.24. The van der Waals surface area contributed by atoms with Crippen LogP contribution in [0.4, 0.5) is 0 Å². The average molecular weight is 225 g/mol. The minimum atomic E-state index is 0.670. The lowest BCUT2D eigenvalue weighted by Gasteiger charge is -2.45. The van der Waals surface area contributed by atoms with Crippen molar-refractivity contribution in [3.63, 3.8) is 0 Å². The Kier molecular flexibility index (Phi) is 4.22. The van der Waals surface area contributed by atoms with Crippen molar-refractivity contribution in [2.75, 3.05) is 32.7 Å². The lowest BCUT2D eigenvalue weighted by atomic mass is 9.79. The predicted molar refractivity (Wildman–Crippen MR) is 68.5 cm³/mol. The molecule has 1 saturated heterocycles. The van der Waals surface area contributed by atoms with Crippen LogP contribution in [0.3, 0.4) is 0 Å². The van der Waals surface area contributed by atoms with Crippen LogP contribution in [-0.4, -0.2) is 54.6 Å². The summed E-state index contributed by atoms with van der Waals surface area (Å²) < 4.78 is 0. The molecule has 2 aliphatic rings. The Hall–Kier alpha value is -0.120. The largest absolute Gasteiger partial charge is 0.329 e. The molecular weight excluding hydrogens is 198 g/mol. The van der Waals surface area contributed by atoms with Crippen LogP contribution in [0.1, 0.15) is 33.1 Å². The molecule has 1 unspecified atom stereocenters. The molecule has 3 heteroatoms. The highest BCUT2D eigenvalue weighted by molar-refractivity contribution is 4.88. The van der Waals surface area contributed by atoms with E-state index in [1.807, 2.05) is 0 Å². The highest BCUT2D eigenvalue weighted by atomic mass is 15.3. The summed E-state index contributed by atoms with van der Waals surface area (Å²) in [5.74, 6) is 0.899. The molecule has 1 aliphatic carbocycles. The third kappa shape index (κ3) is 2.58. The summed E-state index contributed by atoms with van der Waals surface area (Å²) >= 11 is 0. The Morgan fingerprint density at radius 3 is 2.00 bits per heavy atom. The minimum absolute atomic E-state index is 0.670. The fourth-order valence-electron chi connectivity index (χ4n) is 3.05. The van der Waals surface area contributed by atoms with E-state index < -0.39 is 0 Å². The molecule has 16 heavy (non-hydrogen) atoms. The van der Waals surface area contributed by atoms with E-state index >= 15 is 0 Å². The maximum atomic E-state index is 5.95. The first-order valence-corrected chi connectivity index (χ1v) is 6.90. The standard InChI is InChI=1S/C13H27N3/c1-11(2)15-6-8-16(9-7-15)13(10-14)12-4-3-5-12/h11-13H,3-10,14H2,1-2H3. The minimum Gasteiger partial charge on any atom is -0.329 e. The Bertz CT molecular complexity index is 205. The van der Waals surface area contributed by atoms with Gasteiger partial charge in [0.1, 0.15) is 0 Å². The van der Waals surface area contributed by atoms with Crippen molar-refractivity contribution in [1.82, 2.24) is 9.80 Å². The highest BCUT2D eigenvalue weighted by Gasteiger charge is 2.32. The zero-order valence-corrected chi connectivity index (χ0v) is 10.9. The summed E-state index contributed by atoms with van der Waals surface area (Å²) in [6.45, 7) is 10.3. The average Bonchev–Trinajstić information content (AvgIpc) is 2.23. The van der Waals surface area contributed by atoms with E-state index in [0.717, 1.165) is 12.5 Å². The lowest BCUT2D eigenvalue weighted by molar-refractivity contribution is 0.0399. The van der Waals surface area contributed by atoms with Gasteiger partial charge in [-0.25, -0.2) is 0 Å². The molecule has 1 aliphatic heterocycles. The maximum Gasteiger partial charge on any atom is 0.0247 e. The molecule has 0 radical (unpaired) electrons. The SMILES string of the molecule is CC(C)N1CCN(C(CN)C2CCC2)CC1. The van der Waals surface area contributed by atoms with E-state index in [1.165, 1.54) is 45.4 Å². The van der Waals surface area contributed by atoms with Crippen LogP contribution in [0, 0.1) is 5.92 Å². The fourth-order valence-corrected chi connectivity index (χ4v) is 3.05. The number of nitrogens with zero attached hydrogens (tertiary/aromatic N) is 2. The predicted octanol–water partition coefficient (Wildman–Crippen LogP) is 1.14. The van der Waals surface area contributed by atoms with Crippen LogP contribution in [0.2, 0.25) is 0 Å². The summed E-state index contributed by atoms with van der Waals surface area (Å²) in [5, 5.41) is 0. The van der Waals surface area contributed by atoms with Crippen molar-refractivity contribution < 1.29 is 0 Å². The molecule has 1 atom stereocenters. The van der Waals surface area contributed by atoms with Gasteiger partial charge < -0.3 is 5.73 Å². The van der Waals surface area contributed by atoms with Gasteiger partial charge in [0.25, 0.3) is 0 Å². The monoisotopic (exact) mass is 225 g/mol. The van der Waals surface area contributed by atoms with Crippen LogP contribution in [0.15, 0.2) is 0 Å². The van der Waals surface area contributed by atoms with E-state index in [2.05, 4.69) is 23.6 Å². The molecule has 0 aromatic carbocycles. The van der Waals surface area contributed by atoms with Crippen LogP contribution in [-0.2, 0) is 0 Å². The van der Waals surface area contributed by atoms with Gasteiger partial charge in [0.15, 0.2) is 0 Å². The first-order valence-electron chi connectivity index (χ1n) is 6.90. The summed E-state index contributed by atoms with van der Waals surface area (Å²) in [7, 11) is 0. The third-order valence-corrected chi connectivity index (χ3v) is 4.48. The Morgan fingerprint density at radius 2 is 1.62 bits per heavy atom. The number of hydrogen-bond donors (Lipinski definition) is 1. The fraction of sp³-hybridized carbons (Fsp3) is 1.00. The summed E-state index contributed by atoms with van der Waals surface area (Å²) in [4.78, 5) is 5.22. The second kappa shape index (κ2) is 5.48. The van der Waals surface area contributed by atoms with Crippen molar-refractivity contribution >= 4 is 0 Å². The zero-order chi connectivity index (χ0) is 11.5. The van der Waals surface area contributed by atoms with Gasteiger partial charge in [-0.3, -0.25) is 9.80 Å². The second-order valence-electron chi connectivity index (χ2n) is 5.66. The van der Waals surface area contributed by atoms with Gasteiger partial charge in [-0.2, -0.15) is 0 Å². The van der Waals surface area contributed by atoms with Gasteiger partial charge in [0.2, 0.25) is 0 Å². The molecular formula is C13H27N3. The Morgan fingerprint density at radius 1 is 1.06 bits per heavy atom. The van der Waals surface area contributed by atoms with Crippen molar-refractivity contribution in [2.24, 2.45) is 11.7 Å². The molecule has 1 heterocycles. The van der Waals surface area contributed by atoms with Crippen molar-refractivity contribution in [2.45, 2.75) is 45.2 Å². The quantitative estimate of drug-likeness (QED) is 0.779. The molecule has 2 N–H and O–H groups in total. The number of rotatable bonds is 4. The van der Waals surface area contributed by atoms with Crippen LogP contribution >= 0.6 is 0 Å². The molecule has 0 amide bonds. The van der Waals surface area contributed by atoms with Gasteiger partial charge >= 0.3 is 0 Å². The molecule has 0 spiro atoms. The topological polar surface area (TPSA) is 32.5 Å². The van der Waals surface area contributed by atoms with Crippen molar-refractivity contribution in [3.8, 4) is 0 Å². The van der Waals surface area contributed by atoms with Gasteiger partial charge in [0, 0.05) is 44.8 Å². The van der Waals surface area contributed by atoms with Gasteiger partial charge in [0.05, 0.1) is 0 Å². The zero-order valence-electron chi connectivity index (χ0n) is 10.9. The van der Waals surface area contributed by atoms with Crippen molar-refractivity contribution in [3.05, 3.63) is 0 Å². The van der Waals surface area contributed by atoms with Crippen LogP contribution in [0.5, 0.6) is 0 Å². The smallest absolute Gasteiger partial charge is 0.0247 e. The van der Waals surface area contributed by atoms with E-state index in [4.69, 9.17) is 5.73 Å². The Labute approximate surface area is 100.0 Å². The van der Waals surface area contributed by atoms with Gasteiger partial charge in [-0.1, -0.05) is 6.42 Å². The normalized spacial score (nSPS) is 27.0. The number of nitrogens with two attached hydrogens (primary N) is 1. The van der Waals surface area contributed by atoms with Crippen LogP contribution < -0.4 is 5.73 Å². The van der Waals surface area contributed by atoms with E-state index in [1.54, 1.807) is 0 Å². The molecule has 3 nitrogen and oxygen atoms in total. The van der Waals surface area contributed by atoms with E-state index in [0.29, 0.717) is 12.1 Å². The molecule has 0 aromatic rings. The third-order valence-electron chi connectivity index (χ3n) is 4.48. The second-order valence-corrected chi connectivity index (χ2v) is 5.66. The highest BCUT2D eigenvalue weighted by Crippen LogP contribution is 2.32. The summed E-state index contributed by atoms with van der Waals surface area (Å²) in [5.41, 5.74) is 5.95. The van der Waals surface area contributed by atoms with E-state index in [9.17, 15) is 0 Å². The molecule has 0 bridgehead atoms. The molecule has 1 saturated carbocycles. The summed E-state index contributed by atoms with van der Waals surface area (Å²) in [6, 6.07) is 1.37. The molecule has 0 aromatic heterocycles. The molecule has 2 rings (SSSR count). The van der Waals surface area contributed by atoms with Crippen LogP contribution in [0.25, 0.3) is 0 Å². The molecule has 94 valence electrons. The lowest BCUT2D eigenvalue weighted by Crippen LogP contribution is -2.56. The van der Waals surface area contributed by atoms with Crippen molar-refractivity contribution in [1.29, 1.82) is 0 Å². The first-order chi connectivity index (χ1) is 7.72. The van der Waals surface area contributed by atoms with Gasteiger partial charge in [-0.15, -0.1) is 0 Å². The number of hydrogen-bond acceptors (Lipinski definition) is 3. The maximum absolute atomic E-state index is 5.95.